The number of aromatic carboxylic acids is 1. The molecule has 7 nitrogen and oxygen atoms in total. The summed E-state index contributed by atoms with van der Waals surface area (Å²) in [6.45, 7) is 0. The fraction of sp³-hybridized carbons (Fsp3) is 0. The number of carbonyl (C=O) groups excluding carboxylic acids is 1. The van der Waals surface area contributed by atoms with E-state index in [1.165, 1.54) is 12.1 Å². The summed E-state index contributed by atoms with van der Waals surface area (Å²) in [5, 5.41) is 8.71. The lowest BCUT2D eigenvalue weighted by Gasteiger charge is -2.06. The topological polar surface area (TPSA) is 121 Å². The van der Waals surface area contributed by atoms with Gasteiger partial charge >= 0.3 is 19.8 Å². The van der Waals surface area contributed by atoms with Gasteiger partial charge in [-0.2, -0.15) is 0 Å². The van der Waals surface area contributed by atoms with Crippen molar-refractivity contribution in [2.24, 2.45) is 0 Å². The fourth-order valence-corrected chi connectivity index (χ4v) is 1.32. The van der Waals surface area contributed by atoms with Crippen molar-refractivity contribution in [1.29, 1.82) is 0 Å². The van der Waals surface area contributed by atoms with Gasteiger partial charge in [0.1, 0.15) is 0 Å². The van der Waals surface area contributed by atoms with E-state index in [0.717, 1.165) is 12.1 Å². The van der Waals surface area contributed by atoms with Crippen molar-refractivity contribution in [2.45, 2.75) is 0 Å². The Morgan fingerprint density at radius 2 is 1.62 bits per heavy atom. The zero-order valence-electron chi connectivity index (χ0n) is 7.73. The van der Waals surface area contributed by atoms with Crippen LogP contribution in [0.4, 0.5) is 0 Å². The molecule has 0 amide bonds. The van der Waals surface area contributed by atoms with E-state index in [9.17, 15) is 14.2 Å². The number of carbonyl (C=O) groups is 2. The first kappa shape index (κ1) is 12.4. The smallest absolute Gasteiger partial charge is 0.478 e. The van der Waals surface area contributed by atoms with Gasteiger partial charge in [-0.25, -0.2) is 14.2 Å². The molecule has 0 unspecified atom stereocenters. The average Bonchev–Trinajstić information content (AvgIpc) is 2.15. The Hall–Kier alpha value is -1.69. The largest absolute Gasteiger partial charge is 0.527 e. The highest BCUT2D eigenvalue weighted by Crippen LogP contribution is 2.37. The summed E-state index contributed by atoms with van der Waals surface area (Å²) in [5.74, 6) is -2.77. The predicted octanol–water partition coefficient (Wildman–Crippen LogP) is 0.634. The summed E-state index contributed by atoms with van der Waals surface area (Å²) in [5.41, 5.74) is -0.806. The van der Waals surface area contributed by atoms with Crippen LogP contribution in [0.25, 0.3) is 0 Å². The van der Waals surface area contributed by atoms with Gasteiger partial charge in [-0.1, -0.05) is 12.1 Å². The summed E-state index contributed by atoms with van der Waals surface area (Å²) in [4.78, 5) is 38.7. The molecule has 8 heteroatoms. The highest BCUT2D eigenvalue weighted by molar-refractivity contribution is 7.46. The van der Waals surface area contributed by atoms with Gasteiger partial charge in [0.05, 0.1) is 11.1 Å². The van der Waals surface area contributed by atoms with Crippen molar-refractivity contribution in [2.75, 3.05) is 0 Å². The zero-order valence-corrected chi connectivity index (χ0v) is 8.63. The first-order valence-corrected chi connectivity index (χ1v) is 5.46. The second-order valence-corrected chi connectivity index (χ2v) is 3.88. The lowest BCUT2D eigenvalue weighted by molar-refractivity contribution is 0.0639. The molecule has 0 heterocycles. The molecular formula is C8H7O7P. The fourth-order valence-electron chi connectivity index (χ4n) is 1.00. The van der Waals surface area contributed by atoms with Crippen molar-refractivity contribution < 1.29 is 33.6 Å². The maximum atomic E-state index is 11.2. The van der Waals surface area contributed by atoms with Crippen molar-refractivity contribution in [1.82, 2.24) is 0 Å². The summed E-state index contributed by atoms with van der Waals surface area (Å²) in [7, 11) is -4.98. The Morgan fingerprint density at radius 3 is 2.06 bits per heavy atom. The van der Waals surface area contributed by atoms with Crippen molar-refractivity contribution in [3.05, 3.63) is 35.4 Å². The van der Waals surface area contributed by atoms with Crippen LogP contribution in [0.3, 0.4) is 0 Å². The number of carboxylic acid groups (broad SMARTS) is 1. The second-order valence-electron chi connectivity index (χ2n) is 2.72. The van der Waals surface area contributed by atoms with Crippen LogP contribution >= 0.6 is 7.82 Å². The molecule has 1 aromatic carbocycles. The van der Waals surface area contributed by atoms with Gasteiger partial charge in [-0.15, -0.1) is 0 Å². The third kappa shape index (κ3) is 3.16. The summed E-state index contributed by atoms with van der Waals surface area (Å²) in [6.07, 6.45) is 0. The zero-order chi connectivity index (χ0) is 12.3. The van der Waals surface area contributed by atoms with E-state index in [-0.39, 0.29) is 5.56 Å². The first-order valence-electron chi connectivity index (χ1n) is 3.93. The molecule has 0 spiro atoms. The van der Waals surface area contributed by atoms with Gasteiger partial charge < -0.3 is 9.63 Å². The van der Waals surface area contributed by atoms with Gasteiger partial charge in [-0.3, -0.25) is 9.79 Å². The molecule has 0 aliphatic rings. The van der Waals surface area contributed by atoms with Crippen LogP contribution in [-0.4, -0.2) is 26.8 Å². The molecule has 86 valence electrons. The summed E-state index contributed by atoms with van der Waals surface area (Å²) >= 11 is 0. The Kier molecular flexibility index (Phi) is 3.44. The number of rotatable bonds is 3. The minimum atomic E-state index is -4.98. The van der Waals surface area contributed by atoms with Gasteiger partial charge in [0.25, 0.3) is 0 Å². The molecule has 0 saturated heterocycles. The monoisotopic (exact) mass is 246 g/mol. The van der Waals surface area contributed by atoms with Crippen molar-refractivity contribution in [3.8, 4) is 0 Å². The molecule has 0 atom stereocenters. The molecule has 0 saturated carbocycles. The van der Waals surface area contributed by atoms with Crippen LogP contribution in [0, 0.1) is 0 Å². The van der Waals surface area contributed by atoms with E-state index in [1.54, 1.807) is 0 Å². The van der Waals surface area contributed by atoms with Crippen LogP contribution in [0.5, 0.6) is 0 Å². The van der Waals surface area contributed by atoms with Crippen molar-refractivity contribution in [3.63, 3.8) is 0 Å². The number of hydrogen-bond donors (Lipinski definition) is 3. The highest BCUT2D eigenvalue weighted by Gasteiger charge is 2.25. The normalized spacial score (nSPS) is 10.9. The van der Waals surface area contributed by atoms with Crippen LogP contribution in [0.15, 0.2) is 24.3 Å². The number of benzene rings is 1. The second kappa shape index (κ2) is 4.44. The Bertz CT molecular complexity index is 475. The molecule has 0 fully saturated rings. The minimum absolute atomic E-state index is 0.388. The number of phosphoric acid groups is 1. The Balaban J connectivity index is 3.09. The molecule has 3 N–H and O–H groups in total. The van der Waals surface area contributed by atoms with Gasteiger partial charge in [0.15, 0.2) is 0 Å². The lowest BCUT2D eigenvalue weighted by atomic mass is 10.1. The quantitative estimate of drug-likeness (QED) is 0.668. The first-order chi connectivity index (χ1) is 7.31. The highest BCUT2D eigenvalue weighted by atomic mass is 31.2. The van der Waals surface area contributed by atoms with E-state index in [4.69, 9.17) is 14.9 Å². The van der Waals surface area contributed by atoms with Gasteiger partial charge in [-0.05, 0) is 12.1 Å². The number of carboxylic acids is 1. The molecular weight excluding hydrogens is 239 g/mol. The minimum Gasteiger partial charge on any atom is -0.478 e. The molecule has 1 rings (SSSR count). The molecule has 0 aliphatic heterocycles. The molecule has 0 aromatic heterocycles. The van der Waals surface area contributed by atoms with E-state index < -0.39 is 25.3 Å². The van der Waals surface area contributed by atoms with Gasteiger partial charge in [0.2, 0.25) is 0 Å². The molecule has 1 aromatic rings. The van der Waals surface area contributed by atoms with E-state index in [2.05, 4.69) is 4.52 Å². The molecule has 0 aliphatic carbocycles. The maximum Gasteiger partial charge on any atom is 0.527 e. The molecule has 0 radical (unpaired) electrons. The van der Waals surface area contributed by atoms with Crippen LogP contribution in [0.1, 0.15) is 20.7 Å². The van der Waals surface area contributed by atoms with Crippen LogP contribution in [-0.2, 0) is 9.09 Å². The molecule has 16 heavy (non-hydrogen) atoms. The van der Waals surface area contributed by atoms with E-state index in [0.29, 0.717) is 0 Å². The van der Waals surface area contributed by atoms with E-state index in [1.807, 2.05) is 0 Å². The third-order valence-corrected chi connectivity index (χ3v) is 1.98. The number of hydrogen-bond acceptors (Lipinski definition) is 4. The van der Waals surface area contributed by atoms with Crippen LogP contribution < -0.4 is 0 Å². The summed E-state index contributed by atoms with van der Waals surface area (Å²) in [6, 6.07) is 4.94. The standard InChI is InChI=1S/C8H7O7P/c9-7(10)5-3-1-2-4-6(5)8(11)15-16(12,13)14/h1-4H,(H,9,10)(H2,12,13,14). The molecule has 0 bridgehead atoms. The Labute approximate surface area is 89.5 Å². The van der Waals surface area contributed by atoms with Gasteiger partial charge in [0, 0.05) is 0 Å². The predicted molar refractivity (Wildman–Crippen MR) is 50.9 cm³/mol. The van der Waals surface area contributed by atoms with E-state index >= 15 is 0 Å². The third-order valence-electron chi connectivity index (χ3n) is 1.58. The SMILES string of the molecule is O=C(O)c1ccccc1C(=O)OP(=O)(O)O. The lowest BCUT2D eigenvalue weighted by Crippen LogP contribution is -2.10. The van der Waals surface area contributed by atoms with Crippen molar-refractivity contribution >= 4 is 19.8 Å². The number of phosphoric ester groups is 1. The average molecular weight is 246 g/mol. The summed E-state index contributed by atoms with van der Waals surface area (Å²) < 4.78 is 14.2. The maximum absolute atomic E-state index is 11.2. The van der Waals surface area contributed by atoms with Crippen LogP contribution in [0.2, 0.25) is 0 Å². The Morgan fingerprint density at radius 1 is 1.12 bits per heavy atom.